The van der Waals surface area contributed by atoms with Gasteiger partial charge in [-0.05, 0) is 55.5 Å². The van der Waals surface area contributed by atoms with E-state index in [1.807, 2.05) is 35.8 Å². The van der Waals surface area contributed by atoms with Gasteiger partial charge in [0, 0.05) is 18.0 Å². The molecule has 178 valence electrons. The molecule has 33 heavy (non-hydrogen) atoms. The zero-order valence-corrected chi connectivity index (χ0v) is 20.6. The second-order valence-corrected chi connectivity index (χ2v) is 9.43. The lowest BCUT2D eigenvalue weighted by molar-refractivity contribution is -0.136. The van der Waals surface area contributed by atoms with Crippen LogP contribution in [0.4, 0.5) is 0 Å². The molecule has 0 saturated carbocycles. The molecular weight excluding hydrogens is 436 g/mol. The molecule has 1 N–H and O–H groups in total. The van der Waals surface area contributed by atoms with E-state index in [0.29, 0.717) is 26.2 Å². The number of hydrogen-bond donors (Lipinski definition) is 1. The van der Waals surface area contributed by atoms with E-state index in [2.05, 4.69) is 30.4 Å². The van der Waals surface area contributed by atoms with Gasteiger partial charge in [0.05, 0.1) is 25.3 Å². The summed E-state index contributed by atoms with van der Waals surface area (Å²) in [5.41, 5.74) is 3.46. The van der Waals surface area contributed by atoms with Gasteiger partial charge < -0.3 is 19.5 Å². The number of hydrogen-bond acceptors (Lipinski definition) is 6. The predicted molar refractivity (Wildman–Crippen MR) is 132 cm³/mol. The molecule has 1 aliphatic heterocycles. The maximum Gasteiger partial charge on any atom is 0.237 e. The van der Waals surface area contributed by atoms with Crippen LogP contribution in [-0.2, 0) is 16.0 Å². The fourth-order valence-electron chi connectivity index (χ4n) is 4.20. The number of nitrogens with zero attached hydrogens (tertiary/aromatic N) is 2. The minimum absolute atomic E-state index is 0.0414. The Kier molecular flexibility index (Phi) is 9.33. The quantitative estimate of drug-likeness (QED) is 0.404. The van der Waals surface area contributed by atoms with Crippen molar-refractivity contribution in [3.8, 4) is 18.1 Å². The van der Waals surface area contributed by atoms with Crippen LogP contribution in [-0.4, -0.2) is 72.9 Å². The van der Waals surface area contributed by atoms with Crippen LogP contribution >= 0.6 is 11.3 Å². The van der Waals surface area contributed by atoms with Crippen LogP contribution in [0.15, 0.2) is 29.6 Å². The van der Waals surface area contributed by atoms with Crippen LogP contribution < -0.4 is 4.74 Å². The zero-order chi connectivity index (χ0) is 23.8. The van der Waals surface area contributed by atoms with Crippen molar-refractivity contribution in [1.82, 2.24) is 9.80 Å². The Labute approximate surface area is 201 Å². The number of benzene rings is 1. The molecule has 0 spiro atoms. The number of ether oxygens (including phenoxy) is 2. The average Bonchev–Trinajstić information content (AvgIpc) is 3.27. The lowest BCUT2D eigenvalue weighted by Crippen LogP contribution is -2.48. The van der Waals surface area contributed by atoms with Gasteiger partial charge in [0.15, 0.2) is 0 Å². The lowest BCUT2D eigenvalue weighted by Gasteiger charge is -2.37. The summed E-state index contributed by atoms with van der Waals surface area (Å²) in [6.45, 7) is 8.73. The monoisotopic (exact) mass is 470 g/mol. The first-order valence-corrected chi connectivity index (χ1v) is 12.3. The molecule has 3 rings (SSSR count). The second-order valence-electron chi connectivity index (χ2n) is 8.43. The van der Waals surface area contributed by atoms with E-state index >= 15 is 0 Å². The van der Waals surface area contributed by atoms with Gasteiger partial charge in [0.25, 0.3) is 0 Å². The van der Waals surface area contributed by atoms with Crippen molar-refractivity contribution in [3.05, 3.63) is 51.2 Å². The summed E-state index contributed by atoms with van der Waals surface area (Å²) >= 11 is 1.74. The number of thiophene rings is 1. The highest BCUT2D eigenvalue weighted by Gasteiger charge is 2.33. The number of aliphatic hydroxyl groups excluding tert-OH is 1. The molecule has 2 aromatic rings. The summed E-state index contributed by atoms with van der Waals surface area (Å²) in [5.74, 6) is 3.28. The Morgan fingerprint density at radius 3 is 2.94 bits per heavy atom. The van der Waals surface area contributed by atoms with Crippen LogP contribution in [0.1, 0.15) is 34.5 Å². The first-order valence-electron chi connectivity index (χ1n) is 11.4. The van der Waals surface area contributed by atoms with Crippen molar-refractivity contribution in [2.45, 2.75) is 39.3 Å². The summed E-state index contributed by atoms with van der Waals surface area (Å²) in [6.07, 6.45) is 5.34. The van der Waals surface area contributed by atoms with Crippen LogP contribution in [0, 0.1) is 26.2 Å². The van der Waals surface area contributed by atoms with Crippen molar-refractivity contribution in [3.63, 3.8) is 0 Å². The van der Waals surface area contributed by atoms with Crippen molar-refractivity contribution >= 4 is 17.2 Å². The predicted octanol–water partition coefficient (Wildman–Crippen LogP) is 3.20. The molecule has 0 saturated heterocycles. The van der Waals surface area contributed by atoms with Crippen LogP contribution in [0.2, 0.25) is 0 Å². The largest absolute Gasteiger partial charge is 0.491 e. The Bertz CT molecular complexity index is 967. The SMILES string of the molecule is C#CCOC[C@H](O)CN(CC)CC(=O)N1CCc2sccc2[C@@H]1COc1ccc(C)cc1C. The van der Waals surface area contributed by atoms with E-state index < -0.39 is 6.10 Å². The Balaban J connectivity index is 1.67. The molecule has 2 atom stereocenters. The van der Waals surface area contributed by atoms with E-state index in [-0.39, 0.29) is 31.7 Å². The molecule has 1 aromatic heterocycles. The van der Waals surface area contributed by atoms with Crippen LogP contribution in [0.5, 0.6) is 5.75 Å². The number of fused-ring (bicyclic) bond motifs is 1. The number of carbonyl (C=O) groups is 1. The third-order valence-corrected chi connectivity index (χ3v) is 6.91. The number of aryl methyl sites for hydroxylation is 2. The number of carbonyl (C=O) groups excluding carboxylic acids is 1. The molecule has 1 aliphatic rings. The van der Waals surface area contributed by atoms with E-state index in [0.717, 1.165) is 17.7 Å². The molecule has 6 nitrogen and oxygen atoms in total. The van der Waals surface area contributed by atoms with Crippen molar-refractivity contribution < 1.29 is 19.4 Å². The minimum Gasteiger partial charge on any atom is -0.491 e. The zero-order valence-electron chi connectivity index (χ0n) is 19.8. The fourth-order valence-corrected chi connectivity index (χ4v) is 5.13. The third kappa shape index (κ3) is 6.81. The molecular formula is C26H34N2O4S. The highest BCUT2D eigenvalue weighted by molar-refractivity contribution is 7.10. The van der Waals surface area contributed by atoms with Crippen LogP contribution in [0.25, 0.3) is 0 Å². The molecule has 0 bridgehead atoms. The highest BCUT2D eigenvalue weighted by Crippen LogP contribution is 2.34. The van der Waals surface area contributed by atoms with E-state index in [9.17, 15) is 9.90 Å². The normalized spacial score (nSPS) is 16.4. The van der Waals surface area contributed by atoms with Gasteiger partial charge in [-0.3, -0.25) is 9.69 Å². The average molecular weight is 471 g/mol. The van der Waals surface area contributed by atoms with E-state index in [4.69, 9.17) is 15.9 Å². The summed E-state index contributed by atoms with van der Waals surface area (Å²) in [4.78, 5) is 18.6. The topological polar surface area (TPSA) is 62.2 Å². The van der Waals surface area contributed by atoms with Crippen molar-refractivity contribution in [2.75, 3.05) is 46.0 Å². The van der Waals surface area contributed by atoms with Crippen molar-refractivity contribution in [2.24, 2.45) is 0 Å². The molecule has 7 heteroatoms. The van der Waals surface area contributed by atoms with Gasteiger partial charge in [-0.2, -0.15) is 0 Å². The fraction of sp³-hybridized carbons (Fsp3) is 0.500. The molecule has 1 amide bonds. The van der Waals surface area contributed by atoms with E-state index in [1.165, 1.54) is 16.0 Å². The van der Waals surface area contributed by atoms with Crippen molar-refractivity contribution in [1.29, 1.82) is 0 Å². The Hall–Kier alpha value is -2.37. The number of amides is 1. The smallest absolute Gasteiger partial charge is 0.237 e. The van der Waals surface area contributed by atoms with Gasteiger partial charge in [0.1, 0.15) is 19.0 Å². The third-order valence-electron chi connectivity index (χ3n) is 5.91. The van der Waals surface area contributed by atoms with Gasteiger partial charge in [-0.1, -0.05) is 30.5 Å². The van der Waals surface area contributed by atoms with E-state index in [1.54, 1.807) is 11.3 Å². The molecule has 0 unspecified atom stereocenters. The number of terminal acetylenes is 1. The van der Waals surface area contributed by atoms with Gasteiger partial charge in [-0.15, -0.1) is 17.8 Å². The molecule has 0 radical (unpaired) electrons. The number of aliphatic hydroxyl groups is 1. The molecule has 0 aliphatic carbocycles. The lowest BCUT2D eigenvalue weighted by atomic mass is 10.00. The second kappa shape index (κ2) is 12.2. The van der Waals surface area contributed by atoms with Crippen LogP contribution in [0.3, 0.4) is 0 Å². The molecule has 0 fully saturated rings. The Morgan fingerprint density at radius 2 is 2.21 bits per heavy atom. The van der Waals surface area contributed by atoms with Gasteiger partial charge >= 0.3 is 0 Å². The Morgan fingerprint density at radius 1 is 1.39 bits per heavy atom. The number of rotatable bonds is 11. The standard InChI is InChI=1S/C26H34N2O4S/c1-5-12-31-17-21(29)15-27(6-2)16-26(30)28-11-9-25-22(10-13-33-25)23(28)18-32-24-8-7-19(3)14-20(24)4/h1,7-8,10,13-14,21,23,29H,6,9,11-12,15-18H2,2-4H3/t21-,23+/m1/s1. The maximum absolute atomic E-state index is 13.4. The van der Waals surface area contributed by atoms with Gasteiger partial charge in [0.2, 0.25) is 5.91 Å². The van der Waals surface area contributed by atoms with Gasteiger partial charge in [-0.25, -0.2) is 0 Å². The summed E-state index contributed by atoms with van der Waals surface area (Å²) in [7, 11) is 0. The highest BCUT2D eigenvalue weighted by atomic mass is 32.1. The first-order chi connectivity index (χ1) is 15.9. The molecule has 2 heterocycles. The summed E-state index contributed by atoms with van der Waals surface area (Å²) in [5, 5.41) is 12.3. The first kappa shape index (κ1) is 25.3. The maximum atomic E-state index is 13.4. The number of likely N-dealkylation sites (N-methyl/N-ethyl adjacent to an activating group) is 1. The molecule has 1 aromatic carbocycles. The summed E-state index contributed by atoms with van der Waals surface area (Å²) in [6, 6.07) is 8.12. The minimum atomic E-state index is -0.695. The summed E-state index contributed by atoms with van der Waals surface area (Å²) < 4.78 is 11.4.